The molecule has 2 rings (SSSR count). The van der Waals surface area contributed by atoms with E-state index in [-0.39, 0.29) is 0 Å². The summed E-state index contributed by atoms with van der Waals surface area (Å²) in [7, 11) is 0. The van der Waals surface area contributed by atoms with Crippen molar-refractivity contribution >= 4 is 5.69 Å². The summed E-state index contributed by atoms with van der Waals surface area (Å²) in [5, 5.41) is 15.2. The van der Waals surface area contributed by atoms with E-state index in [4.69, 9.17) is 0 Å². The molecule has 1 heterocycles. The van der Waals surface area contributed by atoms with Crippen molar-refractivity contribution < 1.29 is 4.73 Å². The van der Waals surface area contributed by atoms with Gasteiger partial charge in [0, 0.05) is 17.8 Å². The van der Waals surface area contributed by atoms with E-state index in [0.717, 1.165) is 10.4 Å². The van der Waals surface area contributed by atoms with Gasteiger partial charge in [0.05, 0.1) is 0 Å². The molecule has 0 fully saturated rings. The molecule has 0 aliphatic carbocycles. The topological polar surface area (TPSA) is 39.0 Å². The van der Waals surface area contributed by atoms with Crippen molar-refractivity contribution in [1.82, 2.24) is 0 Å². The van der Waals surface area contributed by atoms with Crippen LogP contribution in [0, 0.1) is 5.21 Å². The summed E-state index contributed by atoms with van der Waals surface area (Å²) in [5.74, 6) is 0.891. The Morgan fingerprint density at radius 3 is 2.10 bits per heavy atom. The molecule has 2 aromatic rings. The molecular formula is C18H24N2O. The van der Waals surface area contributed by atoms with Crippen molar-refractivity contribution in [3.8, 4) is 0 Å². The van der Waals surface area contributed by atoms with Gasteiger partial charge in [-0.3, -0.25) is 0 Å². The van der Waals surface area contributed by atoms with Crippen LogP contribution < -0.4 is 10.0 Å². The Bertz CT molecular complexity index is 580. The van der Waals surface area contributed by atoms with Crippen LogP contribution in [0.4, 0.5) is 5.69 Å². The zero-order chi connectivity index (χ0) is 15.4. The Morgan fingerprint density at radius 2 is 1.57 bits per heavy atom. The van der Waals surface area contributed by atoms with E-state index in [0.29, 0.717) is 18.4 Å². The lowest BCUT2D eigenvalue weighted by molar-refractivity contribution is -0.613. The maximum absolute atomic E-state index is 11.8. The number of aromatic nitrogens is 1. The van der Waals surface area contributed by atoms with Gasteiger partial charge < -0.3 is 10.5 Å². The summed E-state index contributed by atoms with van der Waals surface area (Å²) in [6.45, 7) is 9.32. The number of hydrogen-bond donors (Lipinski definition) is 1. The van der Waals surface area contributed by atoms with E-state index in [9.17, 15) is 5.21 Å². The van der Waals surface area contributed by atoms with Crippen molar-refractivity contribution in [2.24, 2.45) is 0 Å². The second-order valence-electron chi connectivity index (χ2n) is 5.99. The summed E-state index contributed by atoms with van der Waals surface area (Å²) >= 11 is 0. The quantitative estimate of drug-likeness (QED) is 0.661. The first-order valence-corrected chi connectivity index (χ1v) is 7.54. The van der Waals surface area contributed by atoms with Gasteiger partial charge in [0.15, 0.2) is 6.20 Å². The van der Waals surface area contributed by atoms with E-state index in [1.165, 1.54) is 23.0 Å². The van der Waals surface area contributed by atoms with Gasteiger partial charge in [0.25, 0.3) is 0 Å². The number of pyridine rings is 1. The molecule has 3 heteroatoms. The van der Waals surface area contributed by atoms with Gasteiger partial charge in [-0.05, 0) is 29.0 Å². The standard InChI is InChI=1S/C18H24N2O/c1-13(2)16-9-7-10-17(14(3)4)18(16)19-12-15-8-5-6-11-20(15)21/h5-11,13-14,19H,12H2,1-4H3. The Morgan fingerprint density at radius 1 is 0.952 bits per heavy atom. The predicted octanol–water partition coefficient (Wildman–Crippen LogP) is 4.18. The molecule has 0 saturated carbocycles. The van der Waals surface area contributed by atoms with E-state index in [1.807, 2.05) is 12.1 Å². The van der Waals surface area contributed by atoms with Crippen LogP contribution in [0.5, 0.6) is 0 Å². The van der Waals surface area contributed by atoms with Crippen molar-refractivity contribution in [3.05, 3.63) is 64.6 Å². The van der Waals surface area contributed by atoms with Crippen LogP contribution in [0.3, 0.4) is 0 Å². The number of nitrogens with one attached hydrogen (secondary N) is 1. The van der Waals surface area contributed by atoms with E-state index >= 15 is 0 Å². The lowest BCUT2D eigenvalue weighted by Crippen LogP contribution is -2.32. The minimum absolute atomic E-state index is 0.446. The molecule has 0 amide bonds. The van der Waals surface area contributed by atoms with Gasteiger partial charge in [0.1, 0.15) is 6.54 Å². The van der Waals surface area contributed by atoms with Crippen LogP contribution in [0.1, 0.15) is 56.4 Å². The molecule has 0 spiro atoms. The first-order valence-electron chi connectivity index (χ1n) is 7.54. The van der Waals surface area contributed by atoms with Gasteiger partial charge >= 0.3 is 0 Å². The Balaban J connectivity index is 2.32. The smallest absolute Gasteiger partial charge is 0.211 e. The second-order valence-corrected chi connectivity index (χ2v) is 5.99. The van der Waals surface area contributed by atoms with Crippen molar-refractivity contribution in [1.29, 1.82) is 0 Å². The zero-order valence-electron chi connectivity index (χ0n) is 13.3. The first-order chi connectivity index (χ1) is 10.0. The number of nitrogens with zero attached hydrogens (tertiary/aromatic N) is 1. The summed E-state index contributed by atoms with van der Waals surface area (Å²) in [6.07, 6.45) is 1.54. The fraction of sp³-hybridized carbons (Fsp3) is 0.389. The molecule has 112 valence electrons. The number of hydrogen-bond acceptors (Lipinski definition) is 2. The molecule has 0 bridgehead atoms. The lowest BCUT2D eigenvalue weighted by atomic mass is 9.92. The molecule has 3 nitrogen and oxygen atoms in total. The number of rotatable bonds is 5. The maximum Gasteiger partial charge on any atom is 0.211 e. The highest BCUT2D eigenvalue weighted by molar-refractivity contribution is 5.60. The summed E-state index contributed by atoms with van der Waals surface area (Å²) in [5.41, 5.74) is 4.50. The highest BCUT2D eigenvalue weighted by Gasteiger charge is 2.14. The number of para-hydroxylation sites is 1. The average molecular weight is 284 g/mol. The third-order valence-corrected chi connectivity index (χ3v) is 3.72. The molecule has 1 aromatic carbocycles. The third kappa shape index (κ3) is 3.54. The van der Waals surface area contributed by atoms with E-state index in [1.54, 1.807) is 6.07 Å². The largest absolute Gasteiger partial charge is 0.618 e. The molecule has 1 aromatic heterocycles. The van der Waals surface area contributed by atoms with Gasteiger partial charge in [-0.25, -0.2) is 0 Å². The summed E-state index contributed by atoms with van der Waals surface area (Å²) in [6, 6.07) is 11.9. The molecule has 1 N–H and O–H groups in total. The maximum atomic E-state index is 11.8. The van der Waals surface area contributed by atoms with Crippen molar-refractivity contribution in [3.63, 3.8) is 0 Å². The Kier molecular flexibility index (Phi) is 4.84. The minimum Gasteiger partial charge on any atom is -0.618 e. The highest BCUT2D eigenvalue weighted by Crippen LogP contribution is 2.32. The SMILES string of the molecule is CC(C)c1cccc(C(C)C)c1NCc1cccc[n+]1[O-]. The fourth-order valence-corrected chi connectivity index (χ4v) is 2.53. The molecule has 0 atom stereocenters. The van der Waals surface area contributed by atoms with Crippen molar-refractivity contribution in [2.75, 3.05) is 5.32 Å². The normalized spacial score (nSPS) is 11.1. The first kappa shape index (κ1) is 15.4. The fourth-order valence-electron chi connectivity index (χ4n) is 2.53. The summed E-state index contributed by atoms with van der Waals surface area (Å²) < 4.78 is 0.917. The Labute approximate surface area is 127 Å². The van der Waals surface area contributed by atoms with Crippen LogP contribution in [-0.2, 0) is 6.54 Å². The third-order valence-electron chi connectivity index (χ3n) is 3.72. The lowest BCUT2D eigenvalue weighted by Gasteiger charge is -2.20. The molecular weight excluding hydrogens is 260 g/mol. The van der Waals surface area contributed by atoms with E-state index < -0.39 is 0 Å². The molecule has 0 radical (unpaired) electrons. The van der Waals surface area contributed by atoms with Crippen LogP contribution in [-0.4, -0.2) is 0 Å². The number of benzene rings is 1. The predicted molar refractivity (Wildman–Crippen MR) is 87.3 cm³/mol. The van der Waals surface area contributed by atoms with Crippen molar-refractivity contribution in [2.45, 2.75) is 46.1 Å². The second kappa shape index (κ2) is 6.61. The molecule has 0 unspecified atom stereocenters. The number of anilines is 1. The van der Waals surface area contributed by atoms with Crippen LogP contribution in [0.15, 0.2) is 42.6 Å². The molecule has 0 saturated heterocycles. The van der Waals surface area contributed by atoms with Crippen LogP contribution in [0.25, 0.3) is 0 Å². The van der Waals surface area contributed by atoms with Gasteiger partial charge in [-0.2, -0.15) is 4.73 Å². The highest BCUT2D eigenvalue weighted by atomic mass is 16.5. The van der Waals surface area contributed by atoms with Gasteiger partial charge in [-0.15, -0.1) is 0 Å². The molecule has 0 aliphatic heterocycles. The Hall–Kier alpha value is -2.03. The van der Waals surface area contributed by atoms with Gasteiger partial charge in [0.2, 0.25) is 5.69 Å². The summed E-state index contributed by atoms with van der Waals surface area (Å²) in [4.78, 5) is 0. The molecule has 21 heavy (non-hydrogen) atoms. The van der Waals surface area contributed by atoms with E-state index in [2.05, 4.69) is 51.2 Å². The minimum atomic E-state index is 0.446. The van der Waals surface area contributed by atoms with Crippen LogP contribution >= 0.6 is 0 Å². The van der Waals surface area contributed by atoms with Gasteiger partial charge in [-0.1, -0.05) is 45.9 Å². The van der Waals surface area contributed by atoms with Crippen LogP contribution in [0.2, 0.25) is 0 Å². The molecule has 0 aliphatic rings. The zero-order valence-corrected chi connectivity index (χ0v) is 13.3. The average Bonchev–Trinajstić information content (AvgIpc) is 2.45. The monoisotopic (exact) mass is 284 g/mol.